The summed E-state index contributed by atoms with van der Waals surface area (Å²) >= 11 is 0. The predicted octanol–water partition coefficient (Wildman–Crippen LogP) is 2.15. The molecule has 0 aliphatic rings. The van der Waals surface area contributed by atoms with E-state index in [9.17, 15) is 5.11 Å². The van der Waals surface area contributed by atoms with Crippen LogP contribution in [0.2, 0.25) is 0 Å². The number of aryl methyl sites for hydroxylation is 2. The van der Waals surface area contributed by atoms with E-state index in [0.29, 0.717) is 0 Å². The molecule has 0 radical (unpaired) electrons. The number of hydrogen-bond donors (Lipinski definition) is 1. The van der Waals surface area contributed by atoms with Crippen molar-refractivity contribution < 1.29 is 9.63 Å². The lowest BCUT2D eigenvalue weighted by atomic mass is 10.1. The molecular formula is C9H9NO2. The summed E-state index contributed by atoms with van der Waals surface area (Å²) in [5.41, 5.74) is 2.47. The van der Waals surface area contributed by atoms with Crippen LogP contribution in [0.25, 0.3) is 11.0 Å². The van der Waals surface area contributed by atoms with Gasteiger partial charge in [-0.3, -0.25) is 0 Å². The van der Waals surface area contributed by atoms with Gasteiger partial charge in [0.05, 0.1) is 5.69 Å². The molecule has 1 aromatic heterocycles. The average Bonchev–Trinajstić information content (AvgIpc) is 2.33. The van der Waals surface area contributed by atoms with E-state index in [1.54, 1.807) is 12.1 Å². The second kappa shape index (κ2) is 2.24. The van der Waals surface area contributed by atoms with Crippen molar-refractivity contribution in [2.75, 3.05) is 0 Å². The molecule has 62 valence electrons. The van der Waals surface area contributed by atoms with Gasteiger partial charge >= 0.3 is 0 Å². The first kappa shape index (κ1) is 7.16. The topological polar surface area (TPSA) is 46.3 Å². The van der Waals surface area contributed by atoms with Gasteiger partial charge in [-0.05, 0) is 31.5 Å². The monoisotopic (exact) mass is 163 g/mol. The standard InChI is InChI=1S/C9H9NO2/c1-5-3-7(11)4-8-6(2)10-12-9(5)8/h3-4,11H,1-2H3. The number of benzene rings is 1. The molecule has 2 rings (SSSR count). The molecule has 0 saturated heterocycles. The third kappa shape index (κ3) is 0.863. The smallest absolute Gasteiger partial charge is 0.170 e. The SMILES string of the molecule is Cc1noc2c(C)cc(O)cc12. The van der Waals surface area contributed by atoms with Crippen LogP contribution in [0.4, 0.5) is 0 Å². The van der Waals surface area contributed by atoms with E-state index in [-0.39, 0.29) is 5.75 Å². The van der Waals surface area contributed by atoms with Crippen LogP contribution < -0.4 is 0 Å². The van der Waals surface area contributed by atoms with Gasteiger partial charge in [0, 0.05) is 5.39 Å². The maximum Gasteiger partial charge on any atom is 0.170 e. The highest BCUT2D eigenvalue weighted by Crippen LogP contribution is 2.25. The number of rotatable bonds is 0. The lowest BCUT2D eigenvalue weighted by molar-refractivity contribution is 0.447. The van der Waals surface area contributed by atoms with Gasteiger partial charge < -0.3 is 9.63 Å². The second-order valence-electron chi connectivity index (χ2n) is 2.91. The average molecular weight is 163 g/mol. The number of hydrogen-bond acceptors (Lipinski definition) is 3. The molecule has 0 saturated carbocycles. The highest BCUT2D eigenvalue weighted by Gasteiger charge is 2.07. The fourth-order valence-corrected chi connectivity index (χ4v) is 1.31. The Bertz CT molecular complexity index is 431. The number of aromatic nitrogens is 1. The molecule has 0 bridgehead atoms. The molecule has 1 N–H and O–H groups in total. The van der Waals surface area contributed by atoms with E-state index in [4.69, 9.17) is 4.52 Å². The van der Waals surface area contributed by atoms with Gasteiger partial charge in [-0.1, -0.05) is 5.16 Å². The molecular weight excluding hydrogens is 154 g/mol. The third-order valence-electron chi connectivity index (χ3n) is 1.92. The first-order valence-electron chi connectivity index (χ1n) is 3.74. The maximum absolute atomic E-state index is 9.28. The summed E-state index contributed by atoms with van der Waals surface area (Å²) in [7, 11) is 0. The quantitative estimate of drug-likeness (QED) is 0.647. The molecule has 0 fully saturated rings. The van der Waals surface area contributed by atoms with E-state index in [1.807, 2.05) is 13.8 Å². The Morgan fingerprint density at radius 2 is 2.08 bits per heavy atom. The summed E-state index contributed by atoms with van der Waals surface area (Å²) in [5.74, 6) is 0.256. The Morgan fingerprint density at radius 1 is 1.33 bits per heavy atom. The largest absolute Gasteiger partial charge is 0.508 e. The number of nitrogens with zero attached hydrogens (tertiary/aromatic N) is 1. The predicted molar refractivity (Wildman–Crippen MR) is 45.1 cm³/mol. The minimum Gasteiger partial charge on any atom is -0.508 e. The Kier molecular flexibility index (Phi) is 1.33. The van der Waals surface area contributed by atoms with Gasteiger partial charge in [-0.25, -0.2) is 0 Å². The fourth-order valence-electron chi connectivity index (χ4n) is 1.31. The minimum absolute atomic E-state index is 0.256. The third-order valence-corrected chi connectivity index (χ3v) is 1.92. The van der Waals surface area contributed by atoms with Gasteiger partial charge in [0.2, 0.25) is 0 Å². The molecule has 12 heavy (non-hydrogen) atoms. The van der Waals surface area contributed by atoms with Gasteiger partial charge in [0.1, 0.15) is 5.75 Å². The van der Waals surface area contributed by atoms with Crippen LogP contribution in [0.1, 0.15) is 11.3 Å². The van der Waals surface area contributed by atoms with Crippen LogP contribution in [-0.4, -0.2) is 10.3 Å². The zero-order chi connectivity index (χ0) is 8.72. The van der Waals surface area contributed by atoms with Crippen molar-refractivity contribution in [3.05, 3.63) is 23.4 Å². The van der Waals surface area contributed by atoms with E-state index in [0.717, 1.165) is 22.2 Å². The zero-order valence-electron chi connectivity index (χ0n) is 6.96. The first-order chi connectivity index (χ1) is 5.68. The van der Waals surface area contributed by atoms with E-state index >= 15 is 0 Å². The van der Waals surface area contributed by atoms with Crippen LogP contribution in [-0.2, 0) is 0 Å². The summed E-state index contributed by atoms with van der Waals surface area (Å²) in [6.07, 6.45) is 0. The summed E-state index contributed by atoms with van der Waals surface area (Å²) in [4.78, 5) is 0. The Hall–Kier alpha value is -1.51. The lowest BCUT2D eigenvalue weighted by Crippen LogP contribution is -1.74. The number of fused-ring (bicyclic) bond motifs is 1. The lowest BCUT2D eigenvalue weighted by Gasteiger charge is -1.94. The van der Waals surface area contributed by atoms with E-state index in [1.165, 1.54) is 0 Å². The molecule has 0 atom stereocenters. The first-order valence-corrected chi connectivity index (χ1v) is 3.74. The molecule has 3 heteroatoms. The van der Waals surface area contributed by atoms with Crippen LogP contribution in [0, 0.1) is 13.8 Å². The molecule has 1 aromatic carbocycles. The highest BCUT2D eigenvalue weighted by molar-refractivity contribution is 5.83. The molecule has 2 aromatic rings. The summed E-state index contributed by atoms with van der Waals surface area (Å²) in [5, 5.41) is 14.0. The molecule has 0 amide bonds. The second-order valence-corrected chi connectivity index (χ2v) is 2.91. The fraction of sp³-hybridized carbons (Fsp3) is 0.222. The summed E-state index contributed by atoms with van der Waals surface area (Å²) in [6, 6.07) is 3.32. The molecule has 1 heterocycles. The molecule has 0 aliphatic carbocycles. The Balaban J connectivity index is 2.92. The van der Waals surface area contributed by atoms with E-state index in [2.05, 4.69) is 5.16 Å². The number of aromatic hydroxyl groups is 1. The Morgan fingerprint density at radius 3 is 2.83 bits per heavy atom. The van der Waals surface area contributed by atoms with Crippen LogP contribution in [0.5, 0.6) is 5.75 Å². The number of phenolic OH excluding ortho intramolecular Hbond substituents is 1. The molecule has 3 nitrogen and oxygen atoms in total. The van der Waals surface area contributed by atoms with Crippen molar-refractivity contribution in [3.63, 3.8) is 0 Å². The van der Waals surface area contributed by atoms with Gasteiger partial charge in [-0.2, -0.15) is 0 Å². The van der Waals surface area contributed by atoms with Crippen LogP contribution >= 0.6 is 0 Å². The van der Waals surface area contributed by atoms with Crippen LogP contribution in [0.15, 0.2) is 16.7 Å². The van der Waals surface area contributed by atoms with Crippen molar-refractivity contribution in [2.45, 2.75) is 13.8 Å². The van der Waals surface area contributed by atoms with Crippen molar-refractivity contribution in [1.29, 1.82) is 0 Å². The number of phenols is 1. The van der Waals surface area contributed by atoms with E-state index < -0.39 is 0 Å². The highest BCUT2D eigenvalue weighted by atomic mass is 16.5. The zero-order valence-corrected chi connectivity index (χ0v) is 6.96. The van der Waals surface area contributed by atoms with Crippen molar-refractivity contribution in [1.82, 2.24) is 5.16 Å². The minimum atomic E-state index is 0.256. The Labute approximate surface area is 69.6 Å². The summed E-state index contributed by atoms with van der Waals surface area (Å²) < 4.78 is 5.07. The van der Waals surface area contributed by atoms with Crippen molar-refractivity contribution in [3.8, 4) is 5.75 Å². The maximum atomic E-state index is 9.28. The molecule has 0 unspecified atom stereocenters. The van der Waals surface area contributed by atoms with Gasteiger partial charge in [0.25, 0.3) is 0 Å². The molecule has 0 spiro atoms. The van der Waals surface area contributed by atoms with Gasteiger partial charge in [-0.15, -0.1) is 0 Å². The van der Waals surface area contributed by atoms with Crippen molar-refractivity contribution in [2.24, 2.45) is 0 Å². The van der Waals surface area contributed by atoms with Crippen molar-refractivity contribution >= 4 is 11.0 Å². The summed E-state index contributed by atoms with van der Waals surface area (Å²) in [6.45, 7) is 3.73. The van der Waals surface area contributed by atoms with Gasteiger partial charge in [0.15, 0.2) is 5.58 Å². The molecule has 0 aliphatic heterocycles. The van der Waals surface area contributed by atoms with Crippen LogP contribution in [0.3, 0.4) is 0 Å². The normalized spacial score (nSPS) is 10.8.